The van der Waals surface area contributed by atoms with Crippen LogP contribution in [-0.2, 0) is 16.0 Å². The Bertz CT molecular complexity index is 468. The summed E-state index contributed by atoms with van der Waals surface area (Å²) >= 11 is 0. The molecule has 1 amide bonds. The monoisotopic (exact) mass is 307 g/mol. The van der Waals surface area contributed by atoms with E-state index in [2.05, 4.69) is 19.2 Å². The lowest BCUT2D eigenvalue weighted by Crippen LogP contribution is -2.27. The van der Waals surface area contributed by atoms with Gasteiger partial charge in [-0.1, -0.05) is 26.0 Å². The van der Waals surface area contributed by atoms with Gasteiger partial charge in [0.15, 0.2) is 0 Å². The SMILES string of the molecule is CC(C)CCOCCNC(=O)CCc1ccc(C(=O)O)cc1. The molecule has 122 valence electrons. The summed E-state index contributed by atoms with van der Waals surface area (Å²) in [6.07, 6.45) is 2.01. The van der Waals surface area contributed by atoms with Crippen LogP contribution in [0.15, 0.2) is 24.3 Å². The van der Waals surface area contributed by atoms with Crippen LogP contribution < -0.4 is 5.32 Å². The van der Waals surface area contributed by atoms with Gasteiger partial charge in [-0.25, -0.2) is 4.79 Å². The summed E-state index contributed by atoms with van der Waals surface area (Å²) in [5, 5.41) is 11.6. The van der Waals surface area contributed by atoms with Crippen molar-refractivity contribution in [2.75, 3.05) is 19.8 Å². The fourth-order valence-electron chi connectivity index (χ4n) is 1.84. The molecule has 0 aliphatic rings. The van der Waals surface area contributed by atoms with Crippen LogP contribution >= 0.6 is 0 Å². The molecule has 22 heavy (non-hydrogen) atoms. The van der Waals surface area contributed by atoms with Crippen LogP contribution in [0, 0.1) is 5.92 Å². The van der Waals surface area contributed by atoms with Crippen molar-refractivity contribution in [3.63, 3.8) is 0 Å². The van der Waals surface area contributed by atoms with Crippen LogP contribution in [0.25, 0.3) is 0 Å². The zero-order valence-corrected chi connectivity index (χ0v) is 13.3. The number of rotatable bonds is 10. The molecule has 0 heterocycles. The van der Waals surface area contributed by atoms with E-state index in [1.165, 1.54) is 0 Å². The Morgan fingerprint density at radius 3 is 2.45 bits per heavy atom. The Labute approximate surface area is 131 Å². The average Bonchev–Trinajstić information content (AvgIpc) is 2.48. The quantitative estimate of drug-likeness (QED) is 0.651. The van der Waals surface area contributed by atoms with Gasteiger partial charge >= 0.3 is 5.97 Å². The zero-order chi connectivity index (χ0) is 16.4. The minimum absolute atomic E-state index is 0.0187. The highest BCUT2D eigenvalue weighted by atomic mass is 16.5. The van der Waals surface area contributed by atoms with Gasteiger partial charge in [-0.05, 0) is 36.5 Å². The van der Waals surface area contributed by atoms with Crippen molar-refractivity contribution in [2.45, 2.75) is 33.1 Å². The molecule has 0 radical (unpaired) electrons. The normalized spacial score (nSPS) is 10.7. The van der Waals surface area contributed by atoms with Crippen molar-refractivity contribution >= 4 is 11.9 Å². The van der Waals surface area contributed by atoms with Gasteiger partial charge < -0.3 is 15.2 Å². The molecule has 1 aromatic rings. The van der Waals surface area contributed by atoms with Gasteiger partial charge in [-0.2, -0.15) is 0 Å². The van der Waals surface area contributed by atoms with Crippen LogP contribution in [-0.4, -0.2) is 36.7 Å². The van der Waals surface area contributed by atoms with Gasteiger partial charge in [0.2, 0.25) is 5.91 Å². The Morgan fingerprint density at radius 1 is 1.18 bits per heavy atom. The minimum atomic E-state index is -0.943. The molecule has 0 aromatic heterocycles. The van der Waals surface area contributed by atoms with E-state index >= 15 is 0 Å². The molecule has 0 aliphatic carbocycles. The average molecular weight is 307 g/mol. The number of carboxylic acid groups (broad SMARTS) is 1. The summed E-state index contributed by atoms with van der Waals surface area (Å²) in [7, 11) is 0. The molecule has 0 saturated carbocycles. The van der Waals surface area contributed by atoms with Crippen LogP contribution in [0.4, 0.5) is 0 Å². The number of hydrogen-bond donors (Lipinski definition) is 2. The van der Waals surface area contributed by atoms with Crippen molar-refractivity contribution in [1.82, 2.24) is 5.32 Å². The van der Waals surface area contributed by atoms with Crippen molar-refractivity contribution in [3.05, 3.63) is 35.4 Å². The first kappa shape index (κ1) is 18.2. The molecule has 0 aliphatic heterocycles. The highest BCUT2D eigenvalue weighted by molar-refractivity contribution is 5.87. The van der Waals surface area contributed by atoms with E-state index in [-0.39, 0.29) is 11.5 Å². The highest BCUT2D eigenvalue weighted by Gasteiger charge is 2.04. The van der Waals surface area contributed by atoms with Gasteiger partial charge in [0.1, 0.15) is 0 Å². The van der Waals surface area contributed by atoms with Crippen molar-refractivity contribution < 1.29 is 19.4 Å². The van der Waals surface area contributed by atoms with E-state index in [9.17, 15) is 9.59 Å². The number of carbonyl (C=O) groups is 2. The standard InChI is InChI=1S/C17H25NO4/c1-13(2)9-11-22-12-10-18-16(19)8-5-14-3-6-15(7-4-14)17(20)21/h3-4,6-7,13H,5,8-12H2,1-2H3,(H,18,19)(H,20,21). The molecule has 0 atom stereocenters. The number of carboxylic acids is 1. The fourth-order valence-corrected chi connectivity index (χ4v) is 1.84. The third-order valence-corrected chi connectivity index (χ3v) is 3.25. The lowest BCUT2D eigenvalue weighted by molar-refractivity contribution is -0.121. The minimum Gasteiger partial charge on any atom is -0.478 e. The smallest absolute Gasteiger partial charge is 0.335 e. The first-order valence-corrected chi connectivity index (χ1v) is 7.65. The van der Waals surface area contributed by atoms with E-state index in [1.807, 2.05) is 0 Å². The number of ether oxygens (including phenoxy) is 1. The summed E-state index contributed by atoms with van der Waals surface area (Å²) < 4.78 is 5.42. The summed E-state index contributed by atoms with van der Waals surface area (Å²) in [4.78, 5) is 22.4. The zero-order valence-electron chi connectivity index (χ0n) is 13.3. The summed E-state index contributed by atoms with van der Waals surface area (Å²) in [6, 6.07) is 6.59. The summed E-state index contributed by atoms with van der Waals surface area (Å²) in [5.74, 6) is -0.335. The maximum Gasteiger partial charge on any atom is 0.335 e. The topological polar surface area (TPSA) is 75.6 Å². The van der Waals surface area contributed by atoms with Gasteiger partial charge in [0.25, 0.3) is 0 Å². The number of amides is 1. The first-order chi connectivity index (χ1) is 10.5. The van der Waals surface area contributed by atoms with Crippen LogP contribution in [0.3, 0.4) is 0 Å². The van der Waals surface area contributed by atoms with E-state index in [0.29, 0.717) is 31.9 Å². The second kappa shape index (κ2) is 9.95. The molecule has 1 rings (SSSR count). The third-order valence-electron chi connectivity index (χ3n) is 3.25. The Hall–Kier alpha value is -1.88. The second-order valence-corrected chi connectivity index (χ2v) is 5.65. The largest absolute Gasteiger partial charge is 0.478 e. The maximum atomic E-state index is 11.7. The van der Waals surface area contributed by atoms with Gasteiger partial charge in [-0.3, -0.25) is 4.79 Å². The Morgan fingerprint density at radius 2 is 1.86 bits per heavy atom. The van der Waals surface area contributed by atoms with E-state index in [1.54, 1.807) is 24.3 Å². The molecule has 1 aromatic carbocycles. The molecule has 0 fully saturated rings. The number of aromatic carboxylic acids is 1. The van der Waals surface area contributed by atoms with Gasteiger partial charge in [-0.15, -0.1) is 0 Å². The molecule has 0 saturated heterocycles. The predicted octanol–water partition coefficient (Wildman–Crippen LogP) is 2.50. The van der Waals surface area contributed by atoms with Gasteiger partial charge in [0.05, 0.1) is 12.2 Å². The number of aryl methyl sites for hydroxylation is 1. The van der Waals surface area contributed by atoms with Crippen molar-refractivity contribution in [3.8, 4) is 0 Å². The van der Waals surface area contributed by atoms with Crippen LogP contribution in [0.2, 0.25) is 0 Å². The molecule has 0 unspecified atom stereocenters. The Balaban J connectivity index is 2.14. The van der Waals surface area contributed by atoms with Crippen molar-refractivity contribution in [1.29, 1.82) is 0 Å². The third kappa shape index (κ3) is 7.78. The molecular weight excluding hydrogens is 282 g/mol. The van der Waals surface area contributed by atoms with Crippen LogP contribution in [0.5, 0.6) is 0 Å². The molecule has 0 spiro atoms. The lowest BCUT2D eigenvalue weighted by Gasteiger charge is -2.08. The summed E-state index contributed by atoms with van der Waals surface area (Å²) in [6.45, 7) is 6.08. The van der Waals surface area contributed by atoms with E-state index < -0.39 is 5.97 Å². The fraction of sp³-hybridized carbons (Fsp3) is 0.529. The summed E-state index contributed by atoms with van der Waals surface area (Å²) in [5.41, 5.74) is 1.21. The lowest BCUT2D eigenvalue weighted by atomic mass is 10.1. The molecule has 5 nitrogen and oxygen atoms in total. The molecule has 0 bridgehead atoms. The highest BCUT2D eigenvalue weighted by Crippen LogP contribution is 2.06. The van der Waals surface area contributed by atoms with Crippen LogP contribution in [0.1, 0.15) is 42.6 Å². The van der Waals surface area contributed by atoms with Crippen molar-refractivity contribution in [2.24, 2.45) is 5.92 Å². The number of carbonyl (C=O) groups excluding carboxylic acids is 1. The van der Waals surface area contributed by atoms with E-state index in [0.717, 1.165) is 18.6 Å². The maximum absolute atomic E-state index is 11.7. The second-order valence-electron chi connectivity index (χ2n) is 5.65. The number of hydrogen-bond acceptors (Lipinski definition) is 3. The number of nitrogens with one attached hydrogen (secondary N) is 1. The number of benzene rings is 1. The molecular formula is C17H25NO4. The molecule has 5 heteroatoms. The predicted molar refractivity (Wildman–Crippen MR) is 85.0 cm³/mol. The Kier molecular flexibility index (Phi) is 8.22. The van der Waals surface area contributed by atoms with E-state index in [4.69, 9.17) is 9.84 Å². The van der Waals surface area contributed by atoms with Gasteiger partial charge in [0, 0.05) is 19.6 Å². The first-order valence-electron chi connectivity index (χ1n) is 7.65. The molecule has 2 N–H and O–H groups in total.